The van der Waals surface area contributed by atoms with Crippen LogP contribution in [-0.4, -0.2) is 42.5 Å². The van der Waals surface area contributed by atoms with E-state index in [0.29, 0.717) is 18.7 Å². The Hall–Kier alpha value is -1.27. The molecule has 2 aromatic rings. The zero-order chi connectivity index (χ0) is 15.0. The number of hydrogen-bond donors (Lipinski definition) is 0. The monoisotopic (exact) mass is 328 g/mol. The molecule has 5 nitrogen and oxygen atoms in total. The Labute approximate surface area is 128 Å². The molecule has 114 valence electrons. The number of rotatable bonds is 4. The number of benzene rings is 1. The number of halogens is 1. The summed E-state index contributed by atoms with van der Waals surface area (Å²) in [6, 6.07) is 5.62. The quantitative estimate of drug-likeness (QED) is 0.807. The van der Waals surface area contributed by atoms with E-state index in [1.807, 2.05) is 22.8 Å². The largest absolute Gasteiger partial charge is 0.497 e. The number of aryl methyl sites for hydroxylation is 1. The molecule has 0 bridgehead atoms. The van der Waals surface area contributed by atoms with Crippen molar-refractivity contribution in [3.05, 3.63) is 24.0 Å². The molecule has 0 saturated carbocycles. The Morgan fingerprint density at radius 3 is 2.90 bits per heavy atom. The first-order valence-electron chi connectivity index (χ1n) is 6.85. The number of nitrogens with zero attached hydrogens (tertiary/aromatic N) is 2. The molecule has 0 N–H and O–H groups in total. The highest BCUT2D eigenvalue weighted by molar-refractivity contribution is 7.91. The predicted octanol–water partition coefficient (Wildman–Crippen LogP) is 2.19. The van der Waals surface area contributed by atoms with Crippen molar-refractivity contribution in [1.82, 2.24) is 9.55 Å². The van der Waals surface area contributed by atoms with E-state index >= 15 is 0 Å². The van der Waals surface area contributed by atoms with Gasteiger partial charge in [0.2, 0.25) is 0 Å². The smallest absolute Gasteiger partial charge is 0.152 e. The van der Waals surface area contributed by atoms with Crippen molar-refractivity contribution in [2.24, 2.45) is 0 Å². The molecule has 2 heterocycles. The topological polar surface area (TPSA) is 61.2 Å². The van der Waals surface area contributed by atoms with Gasteiger partial charge < -0.3 is 9.30 Å². The highest BCUT2D eigenvalue weighted by Gasteiger charge is 2.31. The van der Waals surface area contributed by atoms with Crippen LogP contribution in [-0.2, 0) is 16.3 Å². The number of hydrogen-bond acceptors (Lipinski definition) is 4. The van der Waals surface area contributed by atoms with Crippen molar-refractivity contribution in [1.29, 1.82) is 0 Å². The number of alkyl halides is 1. The summed E-state index contributed by atoms with van der Waals surface area (Å²) in [6.45, 7) is 0. The molecule has 21 heavy (non-hydrogen) atoms. The first kappa shape index (κ1) is 14.7. The second-order valence-electron chi connectivity index (χ2n) is 5.25. The molecule has 0 spiro atoms. The van der Waals surface area contributed by atoms with E-state index < -0.39 is 9.84 Å². The average molecular weight is 329 g/mol. The lowest BCUT2D eigenvalue weighted by Crippen LogP contribution is -2.14. The first-order valence-corrected chi connectivity index (χ1v) is 9.21. The molecule has 1 unspecified atom stereocenters. The molecule has 3 rings (SSSR count). The van der Waals surface area contributed by atoms with Gasteiger partial charge in [-0.3, -0.25) is 0 Å². The fraction of sp³-hybridized carbons (Fsp3) is 0.500. The van der Waals surface area contributed by atoms with Crippen molar-refractivity contribution >= 4 is 32.5 Å². The summed E-state index contributed by atoms with van der Waals surface area (Å²) in [5, 5.41) is 0. The van der Waals surface area contributed by atoms with Crippen molar-refractivity contribution in [3.63, 3.8) is 0 Å². The van der Waals surface area contributed by atoms with Crippen molar-refractivity contribution < 1.29 is 13.2 Å². The lowest BCUT2D eigenvalue weighted by atomic mass is 10.2. The third-order valence-corrected chi connectivity index (χ3v) is 5.80. The molecule has 0 radical (unpaired) electrons. The molecular weight excluding hydrogens is 312 g/mol. The van der Waals surface area contributed by atoms with E-state index in [4.69, 9.17) is 16.3 Å². The van der Waals surface area contributed by atoms with Gasteiger partial charge in [-0.1, -0.05) is 0 Å². The summed E-state index contributed by atoms with van der Waals surface area (Å²) < 4.78 is 30.8. The minimum Gasteiger partial charge on any atom is -0.497 e. The van der Waals surface area contributed by atoms with Crippen LogP contribution in [0.1, 0.15) is 18.3 Å². The summed E-state index contributed by atoms with van der Waals surface area (Å²) in [6.07, 6.45) is 1.25. The fourth-order valence-corrected chi connectivity index (χ4v) is 4.77. The Morgan fingerprint density at radius 2 is 2.29 bits per heavy atom. The van der Waals surface area contributed by atoms with Crippen LogP contribution in [0.4, 0.5) is 0 Å². The number of aromatic nitrogens is 2. The molecule has 1 atom stereocenters. The van der Waals surface area contributed by atoms with E-state index in [0.717, 1.165) is 22.6 Å². The highest BCUT2D eigenvalue weighted by atomic mass is 35.5. The zero-order valence-electron chi connectivity index (χ0n) is 11.8. The lowest BCUT2D eigenvalue weighted by molar-refractivity contribution is 0.415. The number of fused-ring (bicyclic) bond motifs is 1. The Morgan fingerprint density at radius 1 is 1.48 bits per heavy atom. The van der Waals surface area contributed by atoms with Crippen molar-refractivity contribution in [2.45, 2.75) is 18.9 Å². The van der Waals surface area contributed by atoms with Crippen LogP contribution in [0.15, 0.2) is 18.2 Å². The van der Waals surface area contributed by atoms with Crippen LogP contribution in [0.5, 0.6) is 5.75 Å². The molecule has 0 aliphatic carbocycles. The number of ether oxygens (including phenoxy) is 1. The Bertz CT molecular complexity index is 770. The summed E-state index contributed by atoms with van der Waals surface area (Å²) in [4.78, 5) is 4.61. The summed E-state index contributed by atoms with van der Waals surface area (Å²) in [5.74, 6) is 2.46. The Balaban J connectivity index is 2.12. The molecule has 1 aliphatic heterocycles. The van der Waals surface area contributed by atoms with Gasteiger partial charge in [0.05, 0.1) is 35.7 Å². The maximum atomic E-state index is 11.8. The van der Waals surface area contributed by atoms with E-state index in [2.05, 4.69) is 4.98 Å². The van der Waals surface area contributed by atoms with E-state index in [1.165, 1.54) is 0 Å². The van der Waals surface area contributed by atoms with Crippen LogP contribution in [0, 0.1) is 0 Å². The van der Waals surface area contributed by atoms with E-state index in [-0.39, 0.29) is 17.5 Å². The second-order valence-corrected chi connectivity index (χ2v) is 7.86. The first-order chi connectivity index (χ1) is 10.0. The van der Waals surface area contributed by atoms with Crippen LogP contribution >= 0.6 is 11.6 Å². The summed E-state index contributed by atoms with van der Waals surface area (Å²) in [5.41, 5.74) is 1.76. The van der Waals surface area contributed by atoms with Gasteiger partial charge in [-0.15, -0.1) is 11.6 Å². The average Bonchev–Trinajstić information content (AvgIpc) is 2.97. The molecule has 7 heteroatoms. The third kappa shape index (κ3) is 2.74. The fourth-order valence-electron chi connectivity index (χ4n) is 2.90. The molecule has 1 aliphatic rings. The van der Waals surface area contributed by atoms with E-state index in [9.17, 15) is 8.42 Å². The Kier molecular flexibility index (Phi) is 3.84. The second kappa shape index (κ2) is 5.50. The predicted molar refractivity (Wildman–Crippen MR) is 83.0 cm³/mol. The number of imidazole rings is 1. The minimum atomic E-state index is -2.94. The molecule has 1 fully saturated rings. The third-order valence-electron chi connectivity index (χ3n) is 3.86. The molecule has 1 aromatic heterocycles. The number of sulfone groups is 1. The van der Waals surface area contributed by atoms with Crippen LogP contribution in [0.2, 0.25) is 0 Å². The maximum Gasteiger partial charge on any atom is 0.152 e. The SMILES string of the molecule is COc1ccc2c(c1)nc(CCCl)n2C1CCS(=O)(=O)C1. The molecule has 1 saturated heterocycles. The van der Waals surface area contributed by atoms with Gasteiger partial charge in [0.25, 0.3) is 0 Å². The number of methoxy groups -OCH3 is 1. The van der Waals surface area contributed by atoms with Gasteiger partial charge in [0, 0.05) is 18.4 Å². The van der Waals surface area contributed by atoms with Crippen molar-refractivity contribution in [3.8, 4) is 5.75 Å². The van der Waals surface area contributed by atoms with Gasteiger partial charge in [-0.2, -0.15) is 0 Å². The standard InChI is InChI=1S/C14H17ClN2O3S/c1-20-11-2-3-13-12(8-11)16-14(4-6-15)17(13)10-5-7-21(18,19)9-10/h2-3,8,10H,4-7,9H2,1H3. The van der Waals surface area contributed by atoms with Crippen LogP contribution in [0.3, 0.4) is 0 Å². The summed E-state index contributed by atoms with van der Waals surface area (Å²) >= 11 is 5.86. The van der Waals surface area contributed by atoms with Crippen LogP contribution in [0.25, 0.3) is 11.0 Å². The molecule has 1 aromatic carbocycles. The molecule has 0 amide bonds. The van der Waals surface area contributed by atoms with Gasteiger partial charge >= 0.3 is 0 Å². The van der Waals surface area contributed by atoms with Crippen molar-refractivity contribution in [2.75, 3.05) is 24.5 Å². The van der Waals surface area contributed by atoms with Gasteiger partial charge in [0.1, 0.15) is 11.6 Å². The summed E-state index contributed by atoms with van der Waals surface area (Å²) in [7, 11) is -1.33. The van der Waals surface area contributed by atoms with Gasteiger partial charge in [0.15, 0.2) is 9.84 Å². The lowest BCUT2D eigenvalue weighted by Gasteiger charge is -2.15. The van der Waals surface area contributed by atoms with Gasteiger partial charge in [-0.25, -0.2) is 13.4 Å². The maximum absolute atomic E-state index is 11.8. The zero-order valence-corrected chi connectivity index (χ0v) is 13.3. The minimum absolute atomic E-state index is 0.0494. The van der Waals surface area contributed by atoms with Gasteiger partial charge in [-0.05, 0) is 18.6 Å². The highest BCUT2D eigenvalue weighted by Crippen LogP contribution is 2.31. The normalized spacial score (nSPS) is 21.0. The van der Waals surface area contributed by atoms with Crippen LogP contribution < -0.4 is 4.74 Å². The van der Waals surface area contributed by atoms with E-state index in [1.54, 1.807) is 7.11 Å². The molecular formula is C14H17ClN2O3S.